The Bertz CT molecular complexity index is 548. The van der Waals surface area contributed by atoms with Crippen molar-refractivity contribution in [2.24, 2.45) is 0 Å². The second kappa shape index (κ2) is 4.64. The van der Waals surface area contributed by atoms with Crippen LogP contribution in [-0.2, 0) is 13.0 Å². The van der Waals surface area contributed by atoms with E-state index in [1.165, 1.54) is 15.7 Å². The van der Waals surface area contributed by atoms with Crippen LogP contribution < -0.4 is 0 Å². The summed E-state index contributed by atoms with van der Waals surface area (Å²) >= 11 is 0. The van der Waals surface area contributed by atoms with E-state index in [1.54, 1.807) is 18.7 Å². The van der Waals surface area contributed by atoms with E-state index in [-0.39, 0.29) is 6.03 Å². The molecule has 1 aliphatic heterocycles. The van der Waals surface area contributed by atoms with Gasteiger partial charge in [-0.15, -0.1) is 0 Å². The van der Waals surface area contributed by atoms with Gasteiger partial charge in [-0.25, -0.2) is 9.78 Å². The molecule has 0 bridgehead atoms. The minimum Gasteiger partial charge on any atom is -0.320 e. The highest BCUT2D eigenvalue weighted by Gasteiger charge is 2.19. The number of imidazole rings is 1. The maximum Gasteiger partial charge on any atom is 0.329 e. The molecule has 1 amide bonds. The number of hydrogen-bond acceptors (Lipinski definition) is 2. The average Bonchev–Trinajstić information content (AvgIpc) is 2.84. The minimum atomic E-state index is 0.00389. The van der Waals surface area contributed by atoms with E-state index < -0.39 is 0 Å². The van der Waals surface area contributed by atoms with Crippen molar-refractivity contribution in [3.8, 4) is 0 Å². The van der Waals surface area contributed by atoms with Crippen LogP contribution in [-0.4, -0.2) is 27.0 Å². The van der Waals surface area contributed by atoms with Crippen LogP contribution in [0.5, 0.6) is 0 Å². The molecule has 0 aliphatic carbocycles. The Morgan fingerprint density at radius 3 is 2.83 bits per heavy atom. The molecule has 1 aliphatic rings. The lowest BCUT2D eigenvalue weighted by molar-refractivity contribution is 0.197. The Labute approximate surface area is 106 Å². The summed E-state index contributed by atoms with van der Waals surface area (Å²) in [5.41, 5.74) is 2.61. The molecule has 92 valence electrons. The summed E-state index contributed by atoms with van der Waals surface area (Å²) in [6.07, 6.45) is 6.93. The fourth-order valence-electron chi connectivity index (χ4n) is 2.40. The van der Waals surface area contributed by atoms with Gasteiger partial charge in [0.05, 0.1) is 0 Å². The van der Waals surface area contributed by atoms with Crippen LogP contribution in [0.25, 0.3) is 0 Å². The lowest BCUT2D eigenvalue weighted by Gasteiger charge is -2.20. The average molecular weight is 241 g/mol. The molecule has 0 saturated carbocycles. The summed E-state index contributed by atoms with van der Waals surface area (Å²) in [5.74, 6) is 0. The molecule has 0 atom stereocenters. The Hall–Kier alpha value is -2.10. The first-order valence-corrected chi connectivity index (χ1v) is 6.18. The van der Waals surface area contributed by atoms with Gasteiger partial charge in [-0.3, -0.25) is 4.57 Å². The summed E-state index contributed by atoms with van der Waals surface area (Å²) < 4.78 is 1.54. The predicted molar refractivity (Wildman–Crippen MR) is 68.2 cm³/mol. The smallest absolute Gasteiger partial charge is 0.320 e. The largest absolute Gasteiger partial charge is 0.329 e. The van der Waals surface area contributed by atoms with Crippen molar-refractivity contribution in [2.45, 2.75) is 19.4 Å². The van der Waals surface area contributed by atoms with Crippen molar-refractivity contribution in [2.75, 3.05) is 6.54 Å². The molecule has 3 rings (SSSR count). The Kier molecular flexibility index (Phi) is 2.84. The van der Waals surface area contributed by atoms with Crippen LogP contribution in [0.15, 0.2) is 43.0 Å². The zero-order valence-electron chi connectivity index (χ0n) is 10.1. The molecule has 2 aromatic rings. The van der Waals surface area contributed by atoms with E-state index in [9.17, 15) is 4.79 Å². The SMILES string of the molecule is O=C(N1CCCc2ccccc2C1)n1ccnc1. The summed E-state index contributed by atoms with van der Waals surface area (Å²) in [7, 11) is 0. The summed E-state index contributed by atoms with van der Waals surface area (Å²) in [5, 5.41) is 0. The first-order chi connectivity index (χ1) is 8.84. The topological polar surface area (TPSA) is 38.1 Å². The number of benzene rings is 1. The van der Waals surface area contributed by atoms with Crippen molar-refractivity contribution in [3.63, 3.8) is 0 Å². The highest BCUT2D eigenvalue weighted by molar-refractivity contribution is 5.76. The van der Waals surface area contributed by atoms with Crippen molar-refractivity contribution in [1.82, 2.24) is 14.5 Å². The Morgan fingerprint density at radius 2 is 2.06 bits per heavy atom. The van der Waals surface area contributed by atoms with Gasteiger partial charge in [0.15, 0.2) is 0 Å². The van der Waals surface area contributed by atoms with Crippen LogP contribution in [0, 0.1) is 0 Å². The molecule has 0 saturated heterocycles. The normalized spacial score (nSPS) is 15.0. The third kappa shape index (κ3) is 2.01. The fourth-order valence-corrected chi connectivity index (χ4v) is 2.40. The van der Waals surface area contributed by atoms with Crippen molar-refractivity contribution in [3.05, 3.63) is 54.1 Å². The van der Waals surface area contributed by atoms with Gasteiger partial charge in [0.1, 0.15) is 6.33 Å². The molecule has 0 spiro atoms. The monoisotopic (exact) mass is 241 g/mol. The zero-order valence-corrected chi connectivity index (χ0v) is 10.1. The van der Waals surface area contributed by atoms with Crippen LogP contribution in [0.2, 0.25) is 0 Å². The van der Waals surface area contributed by atoms with Gasteiger partial charge in [0, 0.05) is 25.5 Å². The van der Waals surface area contributed by atoms with Crippen LogP contribution in [0.4, 0.5) is 4.79 Å². The molecule has 4 nitrogen and oxygen atoms in total. The molecule has 4 heteroatoms. The highest BCUT2D eigenvalue weighted by atomic mass is 16.2. The first kappa shape index (κ1) is 11.0. The van der Waals surface area contributed by atoms with E-state index in [0.29, 0.717) is 6.54 Å². The number of amides is 1. The number of hydrogen-bond donors (Lipinski definition) is 0. The third-order valence-corrected chi connectivity index (χ3v) is 3.35. The van der Waals surface area contributed by atoms with Crippen molar-refractivity contribution >= 4 is 6.03 Å². The zero-order chi connectivity index (χ0) is 12.4. The van der Waals surface area contributed by atoms with E-state index in [0.717, 1.165) is 19.4 Å². The predicted octanol–water partition coefficient (Wildman–Crippen LogP) is 2.30. The molecule has 0 N–H and O–H groups in total. The molecule has 1 aromatic heterocycles. The van der Waals surface area contributed by atoms with Gasteiger partial charge in [0.25, 0.3) is 0 Å². The minimum absolute atomic E-state index is 0.00389. The van der Waals surface area contributed by atoms with Gasteiger partial charge < -0.3 is 4.90 Å². The lowest BCUT2D eigenvalue weighted by atomic mass is 10.0. The molecule has 0 radical (unpaired) electrons. The Morgan fingerprint density at radius 1 is 1.22 bits per heavy atom. The van der Waals surface area contributed by atoms with E-state index >= 15 is 0 Å². The molecular weight excluding hydrogens is 226 g/mol. The maximum absolute atomic E-state index is 12.3. The molecule has 2 heterocycles. The van der Waals surface area contributed by atoms with Gasteiger partial charge >= 0.3 is 6.03 Å². The van der Waals surface area contributed by atoms with Crippen LogP contribution in [0.1, 0.15) is 17.5 Å². The molecule has 0 unspecified atom stereocenters. The molecule has 1 aromatic carbocycles. The van der Waals surface area contributed by atoms with Gasteiger partial charge in [-0.05, 0) is 24.0 Å². The second-order valence-corrected chi connectivity index (χ2v) is 4.55. The highest BCUT2D eigenvalue weighted by Crippen LogP contribution is 2.18. The van der Waals surface area contributed by atoms with E-state index in [4.69, 9.17) is 0 Å². The van der Waals surface area contributed by atoms with Gasteiger partial charge in [-0.1, -0.05) is 24.3 Å². The summed E-state index contributed by atoms with van der Waals surface area (Å²) in [4.78, 5) is 18.1. The first-order valence-electron chi connectivity index (χ1n) is 6.18. The summed E-state index contributed by atoms with van der Waals surface area (Å²) in [6, 6.07) is 8.36. The number of carbonyl (C=O) groups is 1. The number of aromatic nitrogens is 2. The van der Waals surface area contributed by atoms with Gasteiger partial charge in [-0.2, -0.15) is 0 Å². The quantitative estimate of drug-likeness (QED) is 0.709. The van der Waals surface area contributed by atoms with Crippen LogP contribution in [0.3, 0.4) is 0 Å². The summed E-state index contributed by atoms with van der Waals surface area (Å²) in [6.45, 7) is 1.48. The number of fused-ring (bicyclic) bond motifs is 1. The number of rotatable bonds is 0. The fraction of sp³-hybridized carbons (Fsp3) is 0.286. The molecule has 18 heavy (non-hydrogen) atoms. The number of nitrogens with zero attached hydrogens (tertiary/aromatic N) is 3. The lowest BCUT2D eigenvalue weighted by Crippen LogP contribution is -2.33. The van der Waals surface area contributed by atoms with E-state index in [2.05, 4.69) is 23.2 Å². The second-order valence-electron chi connectivity index (χ2n) is 4.55. The van der Waals surface area contributed by atoms with Crippen LogP contribution >= 0.6 is 0 Å². The number of carbonyl (C=O) groups excluding carboxylic acids is 1. The standard InChI is InChI=1S/C14H15N3O/c18-14(17-9-7-15-11-17)16-8-3-6-12-4-1-2-5-13(12)10-16/h1-2,4-5,7,9,11H,3,6,8,10H2. The number of aryl methyl sites for hydroxylation is 1. The molecule has 0 fully saturated rings. The Balaban J connectivity index is 1.85. The maximum atomic E-state index is 12.3. The van der Waals surface area contributed by atoms with E-state index in [1.807, 2.05) is 11.0 Å². The third-order valence-electron chi connectivity index (χ3n) is 3.35. The van der Waals surface area contributed by atoms with Gasteiger partial charge in [0.2, 0.25) is 0 Å². The van der Waals surface area contributed by atoms with Crippen molar-refractivity contribution in [1.29, 1.82) is 0 Å². The van der Waals surface area contributed by atoms with Crippen molar-refractivity contribution < 1.29 is 4.79 Å². The molecular formula is C14H15N3O.